The smallest absolute Gasteiger partial charge is 0.223 e. The van der Waals surface area contributed by atoms with Crippen LogP contribution in [0.1, 0.15) is 29.4 Å². The molecular weight excluding hydrogens is 248 g/mol. The third kappa shape index (κ3) is 3.17. The fraction of sp³-hybridized carbons (Fsp3) is 0.538. The maximum Gasteiger partial charge on any atom is 0.223 e. The highest BCUT2D eigenvalue weighted by Crippen LogP contribution is 2.14. The van der Waals surface area contributed by atoms with Gasteiger partial charge in [0.05, 0.1) is 4.88 Å². The van der Waals surface area contributed by atoms with Crippen LogP contribution in [0.5, 0.6) is 0 Å². The summed E-state index contributed by atoms with van der Waals surface area (Å²) >= 11 is 1.43. The number of hydrogen-bond donors (Lipinski definition) is 1. The molecule has 1 aliphatic heterocycles. The monoisotopic (exact) mass is 266 g/mol. The van der Waals surface area contributed by atoms with Crippen LogP contribution in [0.25, 0.3) is 0 Å². The molecule has 1 atom stereocenters. The molecule has 4 nitrogen and oxygen atoms in total. The van der Waals surface area contributed by atoms with Gasteiger partial charge in [0.25, 0.3) is 0 Å². The number of ketones is 1. The van der Waals surface area contributed by atoms with Gasteiger partial charge >= 0.3 is 0 Å². The second-order valence-corrected chi connectivity index (χ2v) is 5.49. The molecule has 1 aliphatic rings. The average molecular weight is 266 g/mol. The number of carbonyl (C=O) groups excluding carboxylic acids is 2. The van der Waals surface area contributed by atoms with Gasteiger partial charge in [0.15, 0.2) is 5.78 Å². The lowest BCUT2D eigenvalue weighted by molar-refractivity contribution is -0.133. The van der Waals surface area contributed by atoms with Crippen molar-refractivity contribution in [1.29, 1.82) is 0 Å². The molecule has 0 saturated carbocycles. The van der Waals surface area contributed by atoms with E-state index >= 15 is 0 Å². The summed E-state index contributed by atoms with van der Waals surface area (Å²) in [4.78, 5) is 26.5. The zero-order valence-electron chi connectivity index (χ0n) is 10.5. The van der Waals surface area contributed by atoms with E-state index in [2.05, 4.69) is 5.32 Å². The largest absolute Gasteiger partial charge is 0.337 e. The van der Waals surface area contributed by atoms with Gasteiger partial charge in [-0.2, -0.15) is 0 Å². The topological polar surface area (TPSA) is 49.4 Å². The van der Waals surface area contributed by atoms with Gasteiger partial charge in [-0.1, -0.05) is 6.07 Å². The van der Waals surface area contributed by atoms with Crippen LogP contribution in [-0.2, 0) is 4.79 Å². The first-order valence-corrected chi connectivity index (χ1v) is 7.13. The Labute approximate surface area is 111 Å². The summed E-state index contributed by atoms with van der Waals surface area (Å²) in [5, 5.41) is 5.13. The van der Waals surface area contributed by atoms with Gasteiger partial charge in [0.1, 0.15) is 0 Å². The Bertz CT molecular complexity index is 417. The summed E-state index contributed by atoms with van der Waals surface area (Å²) in [5.74, 6) is 0.162. The number of rotatable bonds is 4. The number of nitrogens with one attached hydrogen (secondary N) is 1. The Morgan fingerprint density at radius 1 is 1.50 bits per heavy atom. The van der Waals surface area contributed by atoms with E-state index in [1.807, 2.05) is 29.3 Å². The van der Waals surface area contributed by atoms with E-state index in [9.17, 15) is 9.59 Å². The van der Waals surface area contributed by atoms with Gasteiger partial charge < -0.3 is 10.2 Å². The van der Waals surface area contributed by atoms with Crippen LogP contribution >= 0.6 is 11.3 Å². The van der Waals surface area contributed by atoms with Crippen molar-refractivity contribution in [2.45, 2.75) is 25.8 Å². The molecule has 18 heavy (non-hydrogen) atoms. The van der Waals surface area contributed by atoms with E-state index < -0.39 is 0 Å². The molecule has 0 aliphatic carbocycles. The minimum absolute atomic E-state index is 0.0705. The summed E-state index contributed by atoms with van der Waals surface area (Å²) in [6.07, 6.45) is 0.636. The summed E-state index contributed by atoms with van der Waals surface area (Å²) in [7, 11) is 0. The van der Waals surface area contributed by atoms with Gasteiger partial charge in [-0.15, -0.1) is 11.3 Å². The molecule has 1 amide bonds. The Balaban J connectivity index is 1.82. The molecule has 0 spiro atoms. The summed E-state index contributed by atoms with van der Waals surface area (Å²) < 4.78 is 0. The number of Topliss-reactive ketones (excluding diaryl/α,β-unsaturated/α-hetero) is 1. The van der Waals surface area contributed by atoms with Crippen molar-refractivity contribution in [3.63, 3.8) is 0 Å². The van der Waals surface area contributed by atoms with Crippen molar-refractivity contribution in [3.05, 3.63) is 22.4 Å². The molecule has 2 heterocycles. The van der Waals surface area contributed by atoms with Crippen molar-refractivity contribution >= 4 is 23.0 Å². The normalized spacial score (nSPS) is 19.8. The number of nitrogens with zero attached hydrogens (tertiary/aromatic N) is 1. The van der Waals surface area contributed by atoms with Crippen molar-refractivity contribution < 1.29 is 9.59 Å². The van der Waals surface area contributed by atoms with Crippen molar-refractivity contribution in [1.82, 2.24) is 10.2 Å². The predicted molar refractivity (Wildman–Crippen MR) is 71.9 cm³/mol. The molecule has 1 aromatic heterocycles. The highest BCUT2D eigenvalue weighted by molar-refractivity contribution is 7.12. The quantitative estimate of drug-likeness (QED) is 0.841. The third-order valence-electron chi connectivity index (χ3n) is 3.18. The minimum atomic E-state index is 0.0705. The second-order valence-electron chi connectivity index (χ2n) is 4.54. The van der Waals surface area contributed by atoms with Crippen molar-refractivity contribution in [2.24, 2.45) is 0 Å². The lowest BCUT2D eigenvalue weighted by Crippen LogP contribution is -2.52. The van der Waals surface area contributed by atoms with E-state index in [1.165, 1.54) is 11.3 Å². The van der Waals surface area contributed by atoms with E-state index in [4.69, 9.17) is 0 Å². The molecule has 0 bridgehead atoms. The highest BCUT2D eigenvalue weighted by atomic mass is 32.1. The molecule has 1 saturated heterocycles. The van der Waals surface area contributed by atoms with Gasteiger partial charge in [-0.3, -0.25) is 9.59 Å². The SMILES string of the molecule is C[C@H]1CNCCN1C(=O)CCC(=O)c1cccs1. The Hall–Kier alpha value is -1.20. The zero-order valence-corrected chi connectivity index (χ0v) is 11.3. The summed E-state index contributed by atoms with van der Waals surface area (Å²) in [6.45, 7) is 4.46. The second kappa shape index (κ2) is 6.11. The molecule has 0 aromatic carbocycles. The number of thiophene rings is 1. The Morgan fingerprint density at radius 2 is 2.33 bits per heavy atom. The van der Waals surface area contributed by atoms with Crippen LogP contribution in [0.2, 0.25) is 0 Å². The lowest BCUT2D eigenvalue weighted by Gasteiger charge is -2.34. The standard InChI is InChI=1S/C13H18N2O2S/c1-10-9-14-6-7-15(10)13(17)5-4-11(16)12-3-2-8-18-12/h2-3,8,10,14H,4-7,9H2,1H3/t10-/m0/s1. The fourth-order valence-corrected chi connectivity index (χ4v) is 2.83. The lowest BCUT2D eigenvalue weighted by atomic mass is 10.1. The summed E-state index contributed by atoms with van der Waals surface area (Å²) in [6, 6.07) is 3.89. The molecule has 5 heteroatoms. The van der Waals surface area contributed by atoms with Crippen LogP contribution in [-0.4, -0.2) is 42.3 Å². The van der Waals surface area contributed by atoms with E-state index in [0.717, 1.165) is 24.5 Å². The molecular formula is C13H18N2O2S. The zero-order chi connectivity index (χ0) is 13.0. The Morgan fingerprint density at radius 3 is 3.00 bits per heavy atom. The molecule has 1 fully saturated rings. The van der Waals surface area contributed by atoms with Crippen LogP contribution < -0.4 is 5.32 Å². The van der Waals surface area contributed by atoms with Crippen LogP contribution in [0.15, 0.2) is 17.5 Å². The van der Waals surface area contributed by atoms with Gasteiger partial charge in [-0.25, -0.2) is 0 Å². The number of carbonyl (C=O) groups is 2. The number of piperazine rings is 1. The van der Waals surface area contributed by atoms with E-state index in [-0.39, 0.29) is 17.7 Å². The maximum atomic E-state index is 12.0. The highest BCUT2D eigenvalue weighted by Gasteiger charge is 2.23. The van der Waals surface area contributed by atoms with Crippen molar-refractivity contribution in [3.8, 4) is 0 Å². The fourth-order valence-electron chi connectivity index (χ4n) is 2.14. The van der Waals surface area contributed by atoms with Crippen molar-refractivity contribution in [2.75, 3.05) is 19.6 Å². The third-order valence-corrected chi connectivity index (χ3v) is 4.09. The molecule has 0 unspecified atom stereocenters. The molecule has 0 radical (unpaired) electrons. The first-order valence-electron chi connectivity index (χ1n) is 6.25. The van der Waals surface area contributed by atoms with Gasteiger partial charge in [-0.05, 0) is 18.4 Å². The minimum Gasteiger partial charge on any atom is -0.337 e. The number of hydrogen-bond acceptors (Lipinski definition) is 4. The molecule has 2 rings (SSSR count). The maximum absolute atomic E-state index is 12.0. The molecule has 98 valence electrons. The summed E-state index contributed by atoms with van der Waals surface area (Å²) in [5.41, 5.74) is 0. The van der Waals surface area contributed by atoms with E-state index in [1.54, 1.807) is 0 Å². The number of amides is 1. The first-order chi connectivity index (χ1) is 8.68. The Kier molecular flexibility index (Phi) is 4.49. The molecule has 1 N–H and O–H groups in total. The van der Waals surface area contributed by atoms with Gasteiger partial charge in [0, 0.05) is 38.5 Å². The first kappa shape index (κ1) is 13.2. The molecule has 1 aromatic rings. The average Bonchev–Trinajstić information content (AvgIpc) is 2.90. The van der Waals surface area contributed by atoms with Crippen LogP contribution in [0.4, 0.5) is 0 Å². The van der Waals surface area contributed by atoms with E-state index in [0.29, 0.717) is 12.8 Å². The van der Waals surface area contributed by atoms with Crippen LogP contribution in [0, 0.1) is 0 Å². The van der Waals surface area contributed by atoms with Crippen LogP contribution in [0.3, 0.4) is 0 Å². The predicted octanol–water partition coefficient (Wildman–Crippen LogP) is 1.53. The van der Waals surface area contributed by atoms with Gasteiger partial charge in [0.2, 0.25) is 5.91 Å².